The van der Waals surface area contributed by atoms with E-state index in [0.29, 0.717) is 19.0 Å². The average molecular weight is 392 g/mol. The third-order valence-electron chi connectivity index (χ3n) is 5.11. The van der Waals surface area contributed by atoms with Crippen molar-refractivity contribution >= 4 is 22.4 Å². The van der Waals surface area contributed by atoms with E-state index in [1.54, 1.807) is 18.3 Å². The van der Waals surface area contributed by atoms with Crippen LogP contribution in [0.5, 0.6) is 5.88 Å². The van der Waals surface area contributed by atoms with Crippen LogP contribution in [0.4, 0.5) is 5.69 Å². The molecule has 2 aromatic carbocycles. The molecule has 0 aliphatic carbocycles. The van der Waals surface area contributed by atoms with Crippen molar-refractivity contribution in [2.45, 2.75) is 25.4 Å². The fourth-order valence-corrected chi connectivity index (χ4v) is 3.49. The third kappa shape index (κ3) is 4.31. The Morgan fingerprint density at radius 2 is 1.86 bits per heavy atom. The van der Waals surface area contributed by atoms with Crippen molar-refractivity contribution < 1.29 is 14.5 Å². The van der Waals surface area contributed by atoms with Crippen LogP contribution >= 0.6 is 0 Å². The van der Waals surface area contributed by atoms with Crippen LogP contribution in [-0.4, -0.2) is 45.1 Å². The van der Waals surface area contributed by atoms with Gasteiger partial charge in [0.1, 0.15) is 6.10 Å². The lowest BCUT2D eigenvalue weighted by molar-refractivity contribution is -0.384. The van der Waals surface area contributed by atoms with E-state index in [1.807, 2.05) is 29.2 Å². The molecule has 0 N–H and O–H groups in total. The number of aromatic nitrogens is 2. The van der Waals surface area contributed by atoms with E-state index in [9.17, 15) is 14.9 Å². The molecule has 1 saturated heterocycles. The molecule has 0 saturated carbocycles. The Balaban J connectivity index is 1.33. The largest absolute Gasteiger partial charge is 0.473 e. The number of hydrogen-bond acceptors (Lipinski definition) is 6. The molecule has 0 spiro atoms. The van der Waals surface area contributed by atoms with Gasteiger partial charge in [-0.25, -0.2) is 0 Å². The number of fused-ring (bicyclic) bond motifs is 1. The van der Waals surface area contributed by atoms with Gasteiger partial charge in [0.25, 0.3) is 5.69 Å². The second kappa shape index (κ2) is 8.22. The molecule has 1 aliphatic rings. The van der Waals surface area contributed by atoms with Gasteiger partial charge >= 0.3 is 0 Å². The molecule has 0 bridgehead atoms. The molecular weight excluding hydrogens is 372 g/mol. The molecule has 8 heteroatoms. The predicted octanol–water partition coefficient (Wildman–Crippen LogP) is 3.15. The molecule has 1 amide bonds. The smallest absolute Gasteiger partial charge is 0.269 e. The number of nitrogens with zero attached hydrogens (tertiary/aromatic N) is 4. The van der Waals surface area contributed by atoms with Crippen LogP contribution in [0, 0.1) is 10.1 Å². The standard InChI is InChI=1S/C21H20N4O4/c26-20(13-15-5-7-17(8-6-15)25(27)28)24-11-9-18(10-12-24)29-21-19-4-2-1-3-16(19)14-22-23-21/h1-8,14,18H,9-13H2. The molecule has 1 fully saturated rings. The van der Waals surface area contributed by atoms with Gasteiger partial charge in [0.05, 0.1) is 17.5 Å². The summed E-state index contributed by atoms with van der Waals surface area (Å²) in [5, 5.41) is 20.8. The minimum absolute atomic E-state index is 0.0152. The van der Waals surface area contributed by atoms with Crippen LogP contribution in [0.3, 0.4) is 0 Å². The summed E-state index contributed by atoms with van der Waals surface area (Å²) in [6.07, 6.45) is 3.37. The average Bonchev–Trinajstić information content (AvgIpc) is 2.75. The second-order valence-corrected chi connectivity index (χ2v) is 7.04. The highest BCUT2D eigenvalue weighted by Gasteiger charge is 2.25. The second-order valence-electron chi connectivity index (χ2n) is 7.04. The number of carbonyl (C=O) groups excluding carboxylic acids is 1. The van der Waals surface area contributed by atoms with Crippen LogP contribution in [0.1, 0.15) is 18.4 Å². The number of piperidine rings is 1. The minimum Gasteiger partial charge on any atom is -0.473 e. The summed E-state index contributed by atoms with van der Waals surface area (Å²) in [4.78, 5) is 24.6. The van der Waals surface area contributed by atoms with Crippen molar-refractivity contribution in [2.75, 3.05) is 13.1 Å². The summed E-state index contributed by atoms with van der Waals surface area (Å²) in [6.45, 7) is 1.21. The summed E-state index contributed by atoms with van der Waals surface area (Å²) >= 11 is 0. The van der Waals surface area contributed by atoms with Crippen molar-refractivity contribution in [3.05, 3.63) is 70.4 Å². The molecule has 3 aromatic rings. The van der Waals surface area contributed by atoms with Crippen LogP contribution in [-0.2, 0) is 11.2 Å². The first kappa shape index (κ1) is 18.8. The Morgan fingerprint density at radius 3 is 2.59 bits per heavy atom. The van der Waals surface area contributed by atoms with Crippen LogP contribution in [0.2, 0.25) is 0 Å². The zero-order valence-corrected chi connectivity index (χ0v) is 15.7. The molecule has 1 aromatic heterocycles. The number of benzene rings is 2. The van der Waals surface area contributed by atoms with Crippen LogP contribution in [0.25, 0.3) is 10.8 Å². The Labute approximate surface area is 167 Å². The Kier molecular flexibility index (Phi) is 5.33. The molecule has 8 nitrogen and oxygen atoms in total. The molecule has 4 rings (SSSR count). The molecule has 29 heavy (non-hydrogen) atoms. The summed E-state index contributed by atoms with van der Waals surface area (Å²) in [5.74, 6) is 0.543. The van der Waals surface area contributed by atoms with Gasteiger partial charge in [-0.3, -0.25) is 14.9 Å². The van der Waals surface area contributed by atoms with E-state index < -0.39 is 4.92 Å². The Bertz CT molecular complexity index is 1030. The Hall–Kier alpha value is -3.55. The molecule has 0 atom stereocenters. The van der Waals surface area contributed by atoms with E-state index >= 15 is 0 Å². The summed E-state index contributed by atoms with van der Waals surface area (Å²) in [7, 11) is 0. The fraction of sp³-hybridized carbons (Fsp3) is 0.286. The van der Waals surface area contributed by atoms with E-state index in [0.717, 1.165) is 29.2 Å². The number of carbonyl (C=O) groups is 1. The molecular formula is C21H20N4O4. The topological polar surface area (TPSA) is 98.5 Å². The lowest BCUT2D eigenvalue weighted by Gasteiger charge is -2.32. The SMILES string of the molecule is O=C(Cc1ccc([N+](=O)[O-])cc1)N1CCC(Oc2nncc3ccccc23)CC1. The monoisotopic (exact) mass is 392 g/mol. The molecule has 148 valence electrons. The van der Waals surface area contributed by atoms with Crippen molar-refractivity contribution in [3.63, 3.8) is 0 Å². The highest BCUT2D eigenvalue weighted by atomic mass is 16.6. The minimum atomic E-state index is -0.448. The van der Waals surface area contributed by atoms with Gasteiger partial charge in [0.2, 0.25) is 11.8 Å². The number of non-ortho nitro benzene ring substituents is 1. The number of amides is 1. The molecule has 2 heterocycles. The third-order valence-corrected chi connectivity index (χ3v) is 5.11. The number of nitro groups is 1. The fourth-order valence-electron chi connectivity index (χ4n) is 3.49. The summed E-state index contributed by atoms with van der Waals surface area (Å²) < 4.78 is 6.08. The number of rotatable bonds is 5. The molecule has 0 radical (unpaired) electrons. The molecule has 1 aliphatic heterocycles. The lowest BCUT2D eigenvalue weighted by Crippen LogP contribution is -2.42. The first-order valence-electron chi connectivity index (χ1n) is 9.48. The Morgan fingerprint density at radius 1 is 1.14 bits per heavy atom. The van der Waals surface area contributed by atoms with Crippen molar-refractivity contribution in [1.82, 2.24) is 15.1 Å². The van der Waals surface area contributed by atoms with Gasteiger partial charge in [-0.2, -0.15) is 5.10 Å². The highest BCUT2D eigenvalue weighted by Crippen LogP contribution is 2.25. The number of likely N-dealkylation sites (tertiary alicyclic amines) is 1. The normalized spacial score (nSPS) is 14.7. The van der Waals surface area contributed by atoms with Crippen LogP contribution in [0.15, 0.2) is 54.7 Å². The van der Waals surface area contributed by atoms with Gasteiger partial charge in [-0.15, -0.1) is 5.10 Å². The number of nitro benzene ring substituents is 1. The molecule has 0 unspecified atom stereocenters. The quantitative estimate of drug-likeness (QED) is 0.489. The summed E-state index contributed by atoms with van der Waals surface area (Å²) in [6, 6.07) is 13.9. The van der Waals surface area contributed by atoms with Crippen molar-refractivity contribution in [2.24, 2.45) is 0 Å². The number of ether oxygens (including phenoxy) is 1. The maximum absolute atomic E-state index is 12.6. The highest BCUT2D eigenvalue weighted by molar-refractivity contribution is 5.85. The van der Waals surface area contributed by atoms with E-state index in [2.05, 4.69) is 10.2 Å². The van der Waals surface area contributed by atoms with Gasteiger partial charge in [0, 0.05) is 48.8 Å². The van der Waals surface area contributed by atoms with E-state index in [4.69, 9.17) is 4.74 Å². The van der Waals surface area contributed by atoms with Gasteiger partial charge in [-0.05, 0) is 11.6 Å². The van der Waals surface area contributed by atoms with Gasteiger partial charge in [-0.1, -0.05) is 30.3 Å². The summed E-state index contributed by atoms with van der Waals surface area (Å²) in [5.41, 5.74) is 0.792. The predicted molar refractivity (Wildman–Crippen MR) is 107 cm³/mol. The number of hydrogen-bond donors (Lipinski definition) is 0. The van der Waals surface area contributed by atoms with Crippen molar-refractivity contribution in [3.8, 4) is 5.88 Å². The van der Waals surface area contributed by atoms with Gasteiger partial charge < -0.3 is 9.64 Å². The van der Waals surface area contributed by atoms with Gasteiger partial charge in [0.15, 0.2) is 0 Å². The zero-order valence-electron chi connectivity index (χ0n) is 15.7. The maximum Gasteiger partial charge on any atom is 0.269 e. The van der Waals surface area contributed by atoms with Crippen LogP contribution < -0.4 is 4.74 Å². The maximum atomic E-state index is 12.6. The first-order chi connectivity index (χ1) is 14.1. The lowest BCUT2D eigenvalue weighted by atomic mass is 10.1. The van der Waals surface area contributed by atoms with E-state index in [1.165, 1.54) is 12.1 Å². The van der Waals surface area contributed by atoms with Crippen molar-refractivity contribution in [1.29, 1.82) is 0 Å². The zero-order chi connectivity index (χ0) is 20.2. The first-order valence-corrected chi connectivity index (χ1v) is 9.48. The van der Waals surface area contributed by atoms with E-state index in [-0.39, 0.29) is 24.1 Å².